The van der Waals surface area contributed by atoms with Crippen molar-refractivity contribution < 1.29 is 23.9 Å². The normalized spacial score (nSPS) is 15.6. The Morgan fingerprint density at radius 3 is 2.14 bits per heavy atom. The number of carbonyl (C=O) groups is 3. The SMILES string of the molecule is CC1([C@H](NC(=O)c2cc3ccccc3cc2NC(=O)Nc2c(Cl)cc(F)cc2Cl)C(=O)O)CCCCC1. The summed E-state index contributed by atoms with van der Waals surface area (Å²) in [5, 5.41) is 19.1. The first-order valence-electron chi connectivity index (χ1n) is 11.9. The number of hydrogen-bond acceptors (Lipinski definition) is 3. The Hall–Kier alpha value is -3.36. The van der Waals surface area contributed by atoms with Gasteiger partial charge in [-0.25, -0.2) is 14.0 Å². The molecule has 37 heavy (non-hydrogen) atoms. The number of nitrogens with one attached hydrogen (secondary N) is 3. The maximum Gasteiger partial charge on any atom is 0.326 e. The van der Waals surface area contributed by atoms with E-state index in [0.717, 1.165) is 42.2 Å². The second-order valence-corrected chi connectivity index (χ2v) is 10.3. The molecule has 194 valence electrons. The number of aliphatic carboxylic acids is 1. The first kappa shape index (κ1) is 26.7. The summed E-state index contributed by atoms with van der Waals surface area (Å²) < 4.78 is 13.5. The number of anilines is 2. The van der Waals surface area contributed by atoms with Crippen LogP contribution in [-0.2, 0) is 4.79 Å². The van der Waals surface area contributed by atoms with Gasteiger partial charge in [0.15, 0.2) is 0 Å². The molecule has 1 saturated carbocycles. The van der Waals surface area contributed by atoms with Crippen LogP contribution in [0.15, 0.2) is 48.5 Å². The zero-order chi connectivity index (χ0) is 26.7. The van der Waals surface area contributed by atoms with Crippen LogP contribution >= 0.6 is 23.2 Å². The maximum absolute atomic E-state index is 13.5. The Bertz CT molecular complexity index is 1350. The minimum atomic E-state index is -1.11. The van der Waals surface area contributed by atoms with Gasteiger partial charge in [-0.3, -0.25) is 4.79 Å². The third-order valence-electron chi connectivity index (χ3n) is 6.84. The fraction of sp³-hybridized carbons (Fsp3) is 0.296. The second kappa shape index (κ2) is 10.9. The van der Waals surface area contributed by atoms with Crippen LogP contribution in [0.1, 0.15) is 49.4 Å². The van der Waals surface area contributed by atoms with Gasteiger partial charge in [0.25, 0.3) is 5.91 Å². The predicted octanol–water partition coefficient (Wildman–Crippen LogP) is 7.08. The van der Waals surface area contributed by atoms with Crippen molar-refractivity contribution in [2.45, 2.75) is 45.1 Å². The topological polar surface area (TPSA) is 108 Å². The summed E-state index contributed by atoms with van der Waals surface area (Å²) in [6, 6.07) is 10.6. The molecule has 4 rings (SSSR count). The molecule has 0 spiro atoms. The number of benzene rings is 3. The number of fused-ring (bicyclic) bond motifs is 1. The van der Waals surface area contributed by atoms with E-state index in [1.807, 2.05) is 31.2 Å². The lowest BCUT2D eigenvalue weighted by molar-refractivity contribution is -0.143. The molecule has 10 heteroatoms. The van der Waals surface area contributed by atoms with Crippen molar-refractivity contribution in [2.24, 2.45) is 5.41 Å². The number of rotatable bonds is 6. The Morgan fingerprint density at radius 1 is 0.946 bits per heavy atom. The molecule has 7 nitrogen and oxygen atoms in total. The van der Waals surface area contributed by atoms with Gasteiger partial charge >= 0.3 is 12.0 Å². The maximum atomic E-state index is 13.5. The van der Waals surface area contributed by atoms with Crippen LogP contribution < -0.4 is 16.0 Å². The Labute approximate surface area is 223 Å². The summed E-state index contributed by atoms with van der Waals surface area (Å²) in [5.41, 5.74) is -0.334. The number of hydrogen-bond donors (Lipinski definition) is 4. The van der Waals surface area contributed by atoms with Gasteiger partial charge in [-0.15, -0.1) is 0 Å². The van der Waals surface area contributed by atoms with Crippen LogP contribution in [0.25, 0.3) is 10.8 Å². The quantitative estimate of drug-likeness (QED) is 0.265. The van der Waals surface area contributed by atoms with Crippen LogP contribution in [0.3, 0.4) is 0 Å². The van der Waals surface area contributed by atoms with Crippen LogP contribution in [0, 0.1) is 11.2 Å². The van der Waals surface area contributed by atoms with Crippen molar-refractivity contribution in [2.75, 3.05) is 10.6 Å². The van der Waals surface area contributed by atoms with Crippen molar-refractivity contribution in [1.29, 1.82) is 0 Å². The largest absolute Gasteiger partial charge is 0.480 e. The van der Waals surface area contributed by atoms with Crippen molar-refractivity contribution in [1.82, 2.24) is 5.32 Å². The number of carboxylic acids is 1. The standard InChI is InChI=1S/C27H26Cl2FN3O4/c1-27(9-5-2-6-10-27)23(25(35)36)33-24(34)18-11-15-7-3-4-8-16(15)12-21(18)31-26(37)32-22-19(28)13-17(30)14-20(22)29/h3-4,7-8,11-14,23H,2,5-6,9-10H2,1H3,(H,33,34)(H,35,36)(H2,31,32,37)/t23-/m1/s1. The molecular formula is C27H26Cl2FN3O4. The molecule has 0 aliphatic heterocycles. The molecule has 1 aliphatic rings. The van der Waals surface area contributed by atoms with E-state index in [0.29, 0.717) is 12.8 Å². The van der Waals surface area contributed by atoms with Gasteiger partial charge in [0.2, 0.25) is 0 Å². The molecule has 0 aromatic heterocycles. The van der Waals surface area contributed by atoms with E-state index < -0.39 is 35.2 Å². The van der Waals surface area contributed by atoms with Crippen molar-refractivity contribution in [3.63, 3.8) is 0 Å². The van der Waals surface area contributed by atoms with Crippen LogP contribution in [0.2, 0.25) is 10.0 Å². The van der Waals surface area contributed by atoms with E-state index in [9.17, 15) is 23.9 Å². The molecule has 3 aromatic rings. The summed E-state index contributed by atoms with van der Waals surface area (Å²) in [5.74, 6) is -2.39. The molecule has 1 atom stereocenters. The summed E-state index contributed by atoms with van der Waals surface area (Å²) >= 11 is 12.1. The van der Waals surface area contributed by atoms with Crippen molar-refractivity contribution >= 4 is 63.3 Å². The number of urea groups is 1. The molecule has 4 N–H and O–H groups in total. The van der Waals surface area contributed by atoms with E-state index in [4.69, 9.17) is 23.2 Å². The second-order valence-electron chi connectivity index (χ2n) is 9.53. The lowest BCUT2D eigenvalue weighted by Crippen LogP contribution is -2.52. The Morgan fingerprint density at radius 2 is 1.54 bits per heavy atom. The van der Waals surface area contributed by atoms with E-state index in [2.05, 4.69) is 16.0 Å². The lowest BCUT2D eigenvalue weighted by Gasteiger charge is -2.38. The molecule has 0 saturated heterocycles. The highest BCUT2D eigenvalue weighted by Gasteiger charge is 2.41. The van der Waals surface area contributed by atoms with Gasteiger partial charge in [-0.05, 0) is 53.3 Å². The van der Waals surface area contributed by atoms with Gasteiger partial charge < -0.3 is 21.1 Å². The molecule has 0 bridgehead atoms. The highest BCUT2D eigenvalue weighted by atomic mass is 35.5. The molecule has 3 amide bonds. The minimum absolute atomic E-state index is 0.00480. The van der Waals surface area contributed by atoms with E-state index in [1.165, 1.54) is 0 Å². The Balaban J connectivity index is 1.65. The zero-order valence-corrected chi connectivity index (χ0v) is 21.5. The minimum Gasteiger partial charge on any atom is -0.480 e. The molecular weight excluding hydrogens is 520 g/mol. The smallest absolute Gasteiger partial charge is 0.326 e. The molecule has 1 aliphatic carbocycles. The van der Waals surface area contributed by atoms with Crippen LogP contribution in [0.4, 0.5) is 20.6 Å². The van der Waals surface area contributed by atoms with Crippen LogP contribution in [0.5, 0.6) is 0 Å². The van der Waals surface area contributed by atoms with Crippen molar-refractivity contribution in [3.8, 4) is 0 Å². The number of amides is 3. The third-order valence-corrected chi connectivity index (χ3v) is 7.44. The zero-order valence-electron chi connectivity index (χ0n) is 20.0. The van der Waals surface area contributed by atoms with E-state index in [1.54, 1.807) is 12.1 Å². The van der Waals surface area contributed by atoms with Gasteiger partial charge in [0.1, 0.15) is 11.9 Å². The van der Waals surface area contributed by atoms with E-state index in [-0.39, 0.29) is 27.0 Å². The summed E-state index contributed by atoms with van der Waals surface area (Å²) in [6.07, 6.45) is 4.20. The lowest BCUT2D eigenvalue weighted by atomic mass is 9.70. The highest BCUT2D eigenvalue weighted by molar-refractivity contribution is 6.40. The average Bonchev–Trinajstić information content (AvgIpc) is 2.84. The summed E-state index contributed by atoms with van der Waals surface area (Å²) in [6.45, 7) is 1.88. The fourth-order valence-corrected chi connectivity index (χ4v) is 5.41. The molecule has 0 radical (unpaired) electrons. The monoisotopic (exact) mass is 545 g/mol. The Kier molecular flexibility index (Phi) is 7.90. The van der Waals surface area contributed by atoms with Crippen molar-refractivity contribution in [3.05, 3.63) is 70.0 Å². The van der Waals surface area contributed by atoms with Gasteiger partial charge in [-0.1, -0.05) is 73.7 Å². The van der Waals surface area contributed by atoms with E-state index >= 15 is 0 Å². The number of halogens is 3. The summed E-state index contributed by atoms with van der Waals surface area (Å²) in [4.78, 5) is 38.5. The molecule has 0 heterocycles. The predicted molar refractivity (Wildman–Crippen MR) is 143 cm³/mol. The van der Waals surface area contributed by atoms with Gasteiger partial charge in [0, 0.05) is 0 Å². The first-order valence-corrected chi connectivity index (χ1v) is 12.6. The van der Waals surface area contributed by atoms with Gasteiger partial charge in [-0.2, -0.15) is 0 Å². The number of carboxylic acid groups (broad SMARTS) is 1. The summed E-state index contributed by atoms with van der Waals surface area (Å²) in [7, 11) is 0. The average molecular weight is 546 g/mol. The molecule has 0 unspecified atom stereocenters. The fourth-order valence-electron chi connectivity index (χ4n) is 4.85. The first-order chi connectivity index (χ1) is 17.6. The highest BCUT2D eigenvalue weighted by Crippen LogP contribution is 2.39. The molecule has 3 aromatic carbocycles. The number of carbonyl (C=O) groups excluding carboxylic acids is 2. The molecule has 1 fully saturated rings. The van der Waals surface area contributed by atoms with Gasteiger partial charge in [0.05, 0.1) is 27.0 Å². The third kappa shape index (κ3) is 5.97. The van der Waals surface area contributed by atoms with Crippen LogP contribution in [-0.4, -0.2) is 29.1 Å².